The molecule has 29 heavy (non-hydrogen) atoms. The number of benzene rings is 1. The number of hydrogen-bond acceptors (Lipinski definition) is 9. The Kier molecular flexibility index (Phi) is 6.29. The summed E-state index contributed by atoms with van der Waals surface area (Å²) in [6.07, 6.45) is 1.56. The van der Waals surface area contributed by atoms with Gasteiger partial charge in [0.05, 0.1) is 11.9 Å². The zero-order valence-corrected chi connectivity index (χ0v) is 16.5. The highest BCUT2D eigenvalue weighted by Crippen LogP contribution is 2.17. The van der Waals surface area contributed by atoms with E-state index in [1.165, 1.54) is 4.68 Å². The van der Waals surface area contributed by atoms with Gasteiger partial charge in [-0.25, -0.2) is 10.1 Å². The monoisotopic (exact) mass is 397 g/mol. The number of nitrogens with one attached hydrogen (secondary N) is 1. The van der Waals surface area contributed by atoms with Crippen LogP contribution in [-0.4, -0.2) is 55.4 Å². The number of nitrogens with zero attached hydrogens (tertiary/aromatic N) is 7. The van der Waals surface area contributed by atoms with Gasteiger partial charge in [-0.05, 0) is 35.9 Å². The van der Waals surface area contributed by atoms with Crippen LogP contribution in [-0.2, 0) is 6.54 Å². The molecule has 0 spiro atoms. The minimum atomic E-state index is -0.489. The smallest absolute Gasteiger partial charge is 0.293 e. The van der Waals surface area contributed by atoms with Crippen LogP contribution in [0.1, 0.15) is 41.2 Å². The van der Waals surface area contributed by atoms with Gasteiger partial charge in [-0.1, -0.05) is 48.9 Å². The number of aromatic nitrogens is 5. The predicted octanol–water partition coefficient (Wildman–Crippen LogP) is 1.15. The van der Waals surface area contributed by atoms with Gasteiger partial charge in [0.25, 0.3) is 5.91 Å². The number of hydrogen-bond donors (Lipinski definition) is 2. The SMILES string of the molecule is CCN(CC)Cc1c(C(=O)NN=Cc2ccc(C)cc2)nnn1-c1nonc1N. The number of aryl methyl sites for hydroxylation is 1. The maximum Gasteiger partial charge on any atom is 0.293 e. The van der Waals surface area contributed by atoms with Gasteiger partial charge in [0, 0.05) is 6.54 Å². The summed E-state index contributed by atoms with van der Waals surface area (Å²) >= 11 is 0. The van der Waals surface area contributed by atoms with Crippen LogP contribution in [0.5, 0.6) is 0 Å². The van der Waals surface area contributed by atoms with Crippen LogP contribution >= 0.6 is 0 Å². The first kappa shape index (κ1) is 20.1. The summed E-state index contributed by atoms with van der Waals surface area (Å²) in [6.45, 7) is 8.02. The highest BCUT2D eigenvalue weighted by atomic mass is 16.6. The summed E-state index contributed by atoms with van der Waals surface area (Å²) in [5, 5.41) is 19.4. The molecule has 0 aliphatic rings. The Hall–Kier alpha value is -3.60. The van der Waals surface area contributed by atoms with E-state index in [1.807, 2.05) is 45.0 Å². The normalized spacial score (nSPS) is 11.4. The van der Waals surface area contributed by atoms with Gasteiger partial charge >= 0.3 is 0 Å². The lowest BCUT2D eigenvalue weighted by Gasteiger charge is -2.18. The molecule has 11 nitrogen and oxygen atoms in total. The summed E-state index contributed by atoms with van der Waals surface area (Å²) < 4.78 is 6.02. The summed E-state index contributed by atoms with van der Waals surface area (Å²) in [4.78, 5) is 14.8. The minimum Gasteiger partial charge on any atom is -0.378 e. The average Bonchev–Trinajstić information content (AvgIpc) is 3.33. The van der Waals surface area contributed by atoms with E-state index in [0.29, 0.717) is 12.2 Å². The molecule has 1 amide bonds. The Morgan fingerprint density at radius 2 is 2.00 bits per heavy atom. The van der Waals surface area contributed by atoms with Crippen LogP contribution in [0.3, 0.4) is 0 Å². The second-order valence-electron chi connectivity index (χ2n) is 6.34. The number of nitrogen functional groups attached to an aromatic ring is 1. The molecule has 1 aromatic carbocycles. The van der Waals surface area contributed by atoms with Crippen molar-refractivity contribution in [2.45, 2.75) is 27.3 Å². The van der Waals surface area contributed by atoms with Gasteiger partial charge < -0.3 is 5.73 Å². The van der Waals surface area contributed by atoms with Crippen molar-refractivity contribution < 1.29 is 9.42 Å². The average molecular weight is 397 g/mol. The van der Waals surface area contributed by atoms with Crippen molar-refractivity contribution in [1.29, 1.82) is 0 Å². The van der Waals surface area contributed by atoms with Crippen molar-refractivity contribution in [3.8, 4) is 5.82 Å². The van der Waals surface area contributed by atoms with Crippen LogP contribution in [0.2, 0.25) is 0 Å². The largest absolute Gasteiger partial charge is 0.378 e. The second kappa shape index (κ2) is 9.06. The van der Waals surface area contributed by atoms with E-state index in [2.05, 4.69) is 40.7 Å². The lowest BCUT2D eigenvalue weighted by atomic mass is 10.2. The Morgan fingerprint density at radius 1 is 1.28 bits per heavy atom. The Balaban J connectivity index is 1.85. The first-order chi connectivity index (χ1) is 14.0. The fourth-order valence-corrected chi connectivity index (χ4v) is 2.66. The number of nitrogens with two attached hydrogens (primary N) is 1. The number of rotatable bonds is 8. The zero-order chi connectivity index (χ0) is 20.8. The van der Waals surface area contributed by atoms with E-state index < -0.39 is 5.91 Å². The van der Waals surface area contributed by atoms with Crippen LogP contribution in [0, 0.1) is 6.92 Å². The number of amides is 1. The zero-order valence-electron chi connectivity index (χ0n) is 16.5. The molecular weight excluding hydrogens is 374 g/mol. The number of hydrazone groups is 1. The Bertz CT molecular complexity index is 987. The molecule has 11 heteroatoms. The molecule has 0 saturated heterocycles. The van der Waals surface area contributed by atoms with Crippen molar-refractivity contribution in [1.82, 2.24) is 35.6 Å². The van der Waals surface area contributed by atoms with Crippen molar-refractivity contribution >= 4 is 17.9 Å². The molecule has 0 atom stereocenters. The van der Waals surface area contributed by atoms with E-state index >= 15 is 0 Å². The van der Waals surface area contributed by atoms with Gasteiger partial charge in [-0.15, -0.1) is 5.10 Å². The van der Waals surface area contributed by atoms with Crippen LogP contribution in [0.25, 0.3) is 5.82 Å². The summed E-state index contributed by atoms with van der Waals surface area (Å²) in [6, 6.07) is 7.75. The molecule has 2 aromatic heterocycles. The van der Waals surface area contributed by atoms with Gasteiger partial charge in [-0.3, -0.25) is 9.69 Å². The van der Waals surface area contributed by atoms with Crippen LogP contribution < -0.4 is 11.2 Å². The maximum absolute atomic E-state index is 12.7. The van der Waals surface area contributed by atoms with Crippen molar-refractivity contribution in [3.63, 3.8) is 0 Å². The van der Waals surface area contributed by atoms with Crippen molar-refractivity contribution in [3.05, 3.63) is 46.8 Å². The van der Waals surface area contributed by atoms with E-state index in [-0.39, 0.29) is 17.3 Å². The fourth-order valence-electron chi connectivity index (χ4n) is 2.66. The van der Waals surface area contributed by atoms with Gasteiger partial charge in [0.1, 0.15) is 0 Å². The van der Waals surface area contributed by atoms with Crippen molar-refractivity contribution in [2.75, 3.05) is 18.8 Å². The minimum absolute atomic E-state index is 0.0556. The third-order valence-corrected chi connectivity index (χ3v) is 4.40. The summed E-state index contributed by atoms with van der Waals surface area (Å²) in [5.74, 6) is -0.251. The second-order valence-corrected chi connectivity index (χ2v) is 6.34. The molecule has 0 aliphatic heterocycles. The molecule has 3 rings (SSSR count). The number of carbonyl (C=O) groups is 1. The molecule has 0 aliphatic carbocycles. The van der Waals surface area contributed by atoms with E-state index in [1.54, 1.807) is 6.21 Å². The molecule has 3 aromatic rings. The van der Waals surface area contributed by atoms with E-state index in [0.717, 1.165) is 24.2 Å². The maximum atomic E-state index is 12.7. The third kappa shape index (κ3) is 4.63. The quantitative estimate of drug-likeness (QED) is 0.426. The first-order valence-corrected chi connectivity index (χ1v) is 9.18. The fraction of sp³-hybridized carbons (Fsp3) is 0.333. The van der Waals surface area contributed by atoms with E-state index in [4.69, 9.17) is 5.73 Å². The van der Waals surface area contributed by atoms with Gasteiger partial charge in [0.2, 0.25) is 11.6 Å². The molecule has 3 N–H and O–H groups in total. The molecule has 0 bridgehead atoms. The Morgan fingerprint density at radius 3 is 2.62 bits per heavy atom. The lowest BCUT2D eigenvalue weighted by molar-refractivity contribution is 0.0948. The molecule has 2 heterocycles. The first-order valence-electron chi connectivity index (χ1n) is 9.18. The molecule has 0 fully saturated rings. The summed E-state index contributed by atoms with van der Waals surface area (Å²) in [7, 11) is 0. The topological polar surface area (TPSA) is 140 Å². The Labute approximate surface area is 167 Å². The van der Waals surface area contributed by atoms with Crippen molar-refractivity contribution in [2.24, 2.45) is 5.10 Å². The lowest BCUT2D eigenvalue weighted by Crippen LogP contribution is -2.27. The molecular formula is C18H23N9O2. The number of carbonyl (C=O) groups excluding carboxylic acids is 1. The van der Waals surface area contributed by atoms with Gasteiger partial charge in [0.15, 0.2) is 5.69 Å². The van der Waals surface area contributed by atoms with Gasteiger partial charge in [-0.2, -0.15) is 9.78 Å². The number of anilines is 1. The predicted molar refractivity (Wildman–Crippen MR) is 106 cm³/mol. The highest BCUT2D eigenvalue weighted by Gasteiger charge is 2.24. The molecule has 152 valence electrons. The molecule has 0 unspecified atom stereocenters. The van der Waals surface area contributed by atoms with Crippen LogP contribution in [0.4, 0.5) is 5.82 Å². The third-order valence-electron chi connectivity index (χ3n) is 4.40. The van der Waals surface area contributed by atoms with E-state index in [9.17, 15) is 4.79 Å². The highest BCUT2D eigenvalue weighted by molar-refractivity contribution is 5.94. The standard InChI is InChI=1S/C18H23N9O2/c1-4-26(5-2)11-14-15(21-25-27(14)17-16(19)23-29-24-17)18(28)22-20-10-13-8-6-12(3)7-9-13/h6-10H,4-5,11H2,1-3H3,(H2,19,23)(H,22,28). The summed E-state index contributed by atoms with van der Waals surface area (Å²) in [5.41, 5.74) is 10.9. The molecule has 0 radical (unpaired) electrons. The molecule has 0 saturated carbocycles. The van der Waals surface area contributed by atoms with Crippen LogP contribution in [0.15, 0.2) is 34.0 Å².